The summed E-state index contributed by atoms with van der Waals surface area (Å²) in [6.07, 6.45) is 13.4. The molecule has 456 valence electrons. The van der Waals surface area contributed by atoms with Crippen LogP contribution in [0.4, 0.5) is 0 Å². The highest BCUT2D eigenvalue weighted by Crippen LogP contribution is 2.44. The molecule has 0 amide bonds. The van der Waals surface area contributed by atoms with Gasteiger partial charge in [0, 0.05) is 87.1 Å². The lowest BCUT2D eigenvalue weighted by atomic mass is 10.1. The van der Waals surface area contributed by atoms with Gasteiger partial charge in [0.25, 0.3) is 0 Å². The third-order valence-electron chi connectivity index (χ3n) is 16.2. The second kappa shape index (κ2) is 28.2. The summed E-state index contributed by atoms with van der Waals surface area (Å²) in [7, 11) is -7.81. The molecule has 0 saturated heterocycles. The van der Waals surface area contributed by atoms with Gasteiger partial charge in [-0.05, 0) is 95.3 Å². The van der Waals surface area contributed by atoms with Gasteiger partial charge in [-0.3, -0.25) is 0 Å². The molecule has 0 radical (unpaired) electrons. The van der Waals surface area contributed by atoms with Crippen LogP contribution in [0.3, 0.4) is 0 Å². The van der Waals surface area contributed by atoms with Crippen molar-refractivity contribution in [1.82, 2.24) is 39.0 Å². The van der Waals surface area contributed by atoms with E-state index in [0.717, 1.165) is 96.1 Å². The van der Waals surface area contributed by atoms with Gasteiger partial charge in [0.15, 0.2) is 16.6 Å². The largest absolute Gasteiger partial charge is 0.464 e. The minimum atomic E-state index is -3.61. The summed E-state index contributed by atoms with van der Waals surface area (Å²) < 4.78 is 89.3. The van der Waals surface area contributed by atoms with Crippen LogP contribution < -0.4 is 0 Å². The fraction of sp³-hybridized carbons (Fsp3) is 0.516. The number of nitrogens with zero attached hydrogens (tertiary/aromatic N) is 8. The van der Waals surface area contributed by atoms with Crippen LogP contribution in [0.25, 0.3) is 67.2 Å². The predicted octanol–water partition coefficient (Wildman–Crippen LogP) is 14.6. The summed E-state index contributed by atoms with van der Waals surface area (Å²) in [5, 5.41) is 1.51. The highest BCUT2D eigenvalue weighted by Gasteiger charge is 2.46. The van der Waals surface area contributed by atoms with E-state index < -0.39 is 36.3 Å². The molecule has 0 bridgehead atoms. The van der Waals surface area contributed by atoms with Crippen molar-refractivity contribution in [3.63, 3.8) is 0 Å². The monoisotopic (exact) mass is 1220 g/mol. The maximum absolute atomic E-state index is 12.3. The van der Waals surface area contributed by atoms with E-state index in [-0.39, 0.29) is 23.8 Å². The van der Waals surface area contributed by atoms with Gasteiger partial charge in [0.05, 0.1) is 46.7 Å². The number of hydrogen-bond donors (Lipinski definition) is 0. The van der Waals surface area contributed by atoms with Gasteiger partial charge in [-0.15, -0.1) is 0 Å². The molecular formula is C62H88N8O10S2Si2. The first kappa shape index (κ1) is 65.8. The number of sulfone groups is 2. The molecule has 0 N–H and O–H groups in total. The van der Waals surface area contributed by atoms with Gasteiger partial charge in [-0.1, -0.05) is 107 Å². The maximum atomic E-state index is 12.3. The van der Waals surface area contributed by atoms with E-state index in [9.17, 15) is 16.8 Å². The first-order valence-electron chi connectivity index (χ1n) is 29.3. The van der Waals surface area contributed by atoms with Gasteiger partial charge in [-0.25, -0.2) is 46.7 Å². The number of aromatic nitrogens is 8. The van der Waals surface area contributed by atoms with Crippen molar-refractivity contribution in [3.05, 3.63) is 97.2 Å². The molecule has 2 aromatic carbocycles. The first-order valence-corrected chi connectivity index (χ1v) is 37.3. The minimum Gasteiger partial charge on any atom is -0.464 e. The van der Waals surface area contributed by atoms with Gasteiger partial charge in [0.2, 0.25) is 30.0 Å². The van der Waals surface area contributed by atoms with Crippen LogP contribution in [0.15, 0.2) is 105 Å². The standard InChI is InChI=1S/2C31H44N4O5SSi/c2*1-21(2)42(22(3)4,23(5)6)40-17-10-9-11-28-34-29(25-13-12-24-15-18-39-27(24)19-25)30(35(28)20-38-7)26-14-16-32-31(33-26)41(8,36)37/h2*12-16,18-19,21-23H,9-11,17,20H2,1-8H3. The van der Waals surface area contributed by atoms with Gasteiger partial charge >= 0.3 is 0 Å². The van der Waals surface area contributed by atoms with Crippen molar-refractivity contribution in [2.75, 3.05) is 39.9 Å². The Morgan fingerprint density at radius 3 is 1.17 bits per heavy atom. The summed E-state index contributed by atoms with van der Waals surface area (Å²) in [6, 6.07) is 19.1. The van der Waals surface area contributed by atoms with E-state index in [1.165, 1.54) is 12.4 Å². The molecule has 0 atom stereocenters. The molecule has 0 spiro atoms. The van der Waals surface area contributed by atoms with E-state index in [1.54, 1.807) is 38.9 Å². The number of methoxy groups -OCH3 is 2. The Kier molecular flexibility index (Phi) is 22.1. The van der Waals surface area contributed by atoms with Crippen LogP contribution in [0.5, 0.6) is 0 Å². The summed E-state index contributed by atoms with van der Waals surface area (Å²) in [6.45, 7) is 29.6. The Balaban J connectivity index is 0.000000241. The fourth-order valence-electron chi connectivity index (χ4n) is 12.6. The van der Waals surface area contributed by atoms with Crippen molar-refractivity contribution in [2.24, 2.45) is 0 Å². The Hall–Kier alpha value is -5.73. The third-order valence-corrected chi connectivity index (χ3v) is 30.1. The maximum Gasteiger partial charge on any atom is 0.247 e. The second-order valence-electron chi connectivity index (χ2n) is 23.7. The Labute approximate surface area is 499 Å². The summed E-state index contributed by atoms with van der Waals surface area (Å²) >= 11 is 0. The highest BCUT2D eigenvalue weighted by atomic mass is 32.2. The van der Waals surface area contributed by atoms with Crippen LogP contribution >= 0.6 is 0 Å². The van der Waals surface area contributed by atoms with E-state index >= 15 is 0 Å². The Morgan fingerprint density at radius 2 is 0.845 bits per heavy atom. The molecule has 18 nitrogen and oxygen atoms in total. The van der Waals surface area contributed by atoms with E-state index in [1.807, 2.05) is 57.7 Å². The fourth-order valence-corrected chi connectivity index (χ4v) is 24.6. The first-order chi connectivity index (χ1) is 39.8. The molecule has 0 aliphatic rings. The quantitative estimate of drug-likeness (QED) is 0.0253. The highest BCUT2D eigenvalue weighted by molar-refractivity contribution is 7.90. The zero-order valence-electron chi connectivity index (χ0n) is 52.1. The molecule has 6 aromatic heterocycles. The molecular weight excluding hydrogens is 1140 g/mol. The molecule has 0 saturated carbocycles. The molecule has 0 aliphatic heterocycles. The summed E-state index contributed by atoms with van der Waals surface area (Å²) in [5.74, 6) is 1.67. The topological polar surface area (TPSA) is 219 Å². The van der Waals surface area contributed by atoms with Crippen LogP contribution in [0.1, 0.15) is 120 Å². The van der Waals surface area contributed by atoms with Crippen molar-refractivity contribution in [1.29, 1.82) is 0 Å². The van der Waals surface area contributed by atoms with E-state index in [0.29, 0.717) is 80.3 Å². The summed E-state index contributed by atoms with van der Waals surface area (Å²) in [4.78, 5) is 27.1. The molecule has 8 aromatic rings. The lowest BCUT2D eigenvalue weighted by molar-refractivity contribution is 0.129. The Bertz CT molecular complexity index is 3420. The number of imidazole rings is 2. The molecule has 22 heteroatoms. The number of benzene rings is 2. The molecule has 6 heterocycles. The van der Waals surface area contributed by atoms with Crippen molar-refractivity contribution in [3.8, 4) is 45.3 Å². The zero-order valence-corrected chi connectivity index (χ0v) is 55.7. The van der Waals surface area contributed by atoms with Crippen molar-refractivity contribution in [2.45, 2.75) is 179 Å². The molecule has 0 unspecified atom stereocenters. The zero-order chi connectivity index (χ0) is 61.3. The SMILES string of the molecule is COCn1c(CCCCO[Si](C(C)C)(C(C)C)C(C)C)nc(-c2ccc3ccoc3c2)c1-c1ccnc(S(C)(=O)=O)n1.COCn1c(CCCCO[Si](C(C)C)(C(C)C)C(C)C)nc(-c2ccc3ccoc3c2)c1-c1ccnc(S(C)(=O)=O)n1. The molecule has 8 rings (SSSR count). The van der Waals surface area contributed by atoms with Gasteiger partial charge in [0.1, 0.15) is 36.3 Å². The molecule has 0 fully saturated rings. The normalized spacial score (nSPS) is 12.8. The number of aryl methyl sites for hydroxylation is 2. The van der Waals surface area contributed by atoms with E-state index in [2.05, 4.69) is 103 Å². The Morgan fingerprint density at radius 1 is 0.488 bits per heavy atom. The molecule has 0 aliphatic carbocycles. The number of fused-ring (bicyclic) bond motifs is 2. The minimum absolute atomic E-state index is 0.232. The molecule has 84 heavy (non-hydrogen) atoms. The average Bonchev–Trinajstić information content (AvgIpc) is 2.12. The smallest absolute Gasteiger partial charge is 0.247 e. The predicted molar refractivity (Wildman–Crippen MR) is 337 cm³/mol. The summed E-state index contributed by atoms with van der Waals surface area (Å²) in [5.41, 5.74) is 10.0. The second-order valence-corrected chi connectivity index (χ2v) is 38.5. The lowest BCUT2D eigenvalue weighted by Gasteiger charge is -2.42. The lowest BCUT2D eigenvalue weighted by Crippen LogP contribution is -2.47. The number of unbranched alkanes of at least 4 members (excludes halogenated alkanes) is 2. The van der Waals surface area contributed by atoms with Crippen molar-refractivity contribution >= 4 is 58.2 Å². The number of rotatable bonds is 28. The number of hydrogen-bond acceptors (Lipinski definition) is 16. The van der Waals surface area contributed by atoms with Crippen LogP contribution in [0.2, 0.25) is 33.2 Å². The van der Waals surface area contributed by atoms with Crippen LogP contribution in [-0.2, 0) is 64.3 Å². The van der Waals surface area contributed by atoms with Gasteiger partial charge < -0.3 is 36.3 Å². The average molecular weight is 1230 g/mol. The van der Waals surface area contributed by atoms with Crippen molar-refractivity contribution < 1.29 is 44.0 Å². The number of furan rings is 2. The van der Waals surface area contributed by atoms with Gasteiger partial charge in [-0.2, -0.15) is 0 Å². The third kappa shape index (κ3) is 14.6. The van der Waals surface area contributed by atoms with E-state index in [4.69, 9.17) is 37.1 Å². The van der Waals surface area contributed by atoms with Crippen LogP contribution in [0, 0.1) is 0 Å². The number of ether oxygens (including phenoxy) is 2. The van der Waals surface area contributed by atoms with Crippen LogP contribution in [-0.4, -0.2) is 112 Å².